The van der Waals surface area contributed by atoms with Gasteiger partial charge in [-0.15, -0.1) is 16.6 Å². The predicted octanol–water partition coefficient (Wildman–Crippen LogP) is 1.32. The Morgan fingerprint density at radius 1 is 1.19 bits per heavy atom. The minimum Gasteiger partial charge on any atom is -0.467 e. The highest BCUT2D eigenvalue weighted by Crippen LogP contribution is 2.13. The summed E-state index contributed by atoms with van der Waals surface area (Å²) in [5.41, 5.74) is 0. The van der Waals surface area contributed by atoms with Crippen molar-refractivity contribution in [3.05, 3.63) is 0 Å². The molecule has 0 aliphatic carbocycles. The highest BCUT2D eigenvalue weighted by molar-refractivity contribution is 6.18. The number of anilines is 1. The molecule has 16 heavy (non-hydrogen) atoms. The molecular formula is C9H15ClN4O2. The van der Waals surface area contributed by atoms with Gasteiger partial charge in [-0.05, 0) is 6.42 Å². The number of hydrogen-bond acceptors (Lipinski definition) is 6. The lowest BCUT2D eigenvalue weighted by Crippen LogP contribution is -2.22. The van der Waals surface area contributed by atoms with Gasteiger partial charge < -0.3 is 14.8 Å². The van der Waals surface area contributed by atoms with E-state index in [0.29, 0.717) is 11.8 Å². The fourth-order valence-corrected chi connectivity index (χ4v) is 1.31. The predicted molar refractivity (Wildman–Crippen MR) is 61.4 cm³/mol. The zero-order valence-electron chi connectivity index (χ0n) is 9.53. The Labute approximate surface area is 99.4 Å². The van der Waals surface area contributed by atoms with E-state index >= 15 is 0 Å². The van der Waals surface area contributed by atoms with E-state index in [0.717, 1.165) is 6.42 Å². The molecule has 1 unspecified atom stereocenters. The second kappa shape index (κ2) is 6.32. The molecule has 0 bridgehead atoms. The molecule has 7 heteroatoms. The fraction of sp³-hybridized carbons (Fsp3) is 0.667. The third kappa shape index (κ3) is 3.37. The van der Waals surface area contributed by atoms with Gasteiger partial charge in [0.1, 0.15) is 0 Å². The van der Waals surface area contributed by atoms with Crippen molar-refractivity contribution >= 4 is 17.5 Å². The van der Waals surface area contributed by atoms with Gasteiger partial charge in [-0.2, -0.15) is 9.97 Å². The van der Waals surface area contributed by atoms with E-state index in [2.05, 4.69) is 20.3 Å². The fourth-order valence-electron chi connectivity index (χ4n) is 1.02. The molecule has 1 rings (SSSR count). The van der Waals surface area contributed by atoms with Crippen molar-refractivity contribution in [3.63, 3.8) is 0 Å². The van der Waals surface area contributed by atoms with Gasteiger partial charge in [0.15, 0.2) is 0 Å². The Hall–Kier alpha value is -1.30. The Morgan fingerprint density at radius 3 is 2.12 bits per heavy atom. The lowest BCUT2D eigenvalue weighted by Gasteiger charge is -2.13. The van der Waals surface area contributed by atoms with Gasteiger partial charge in [0.25, 0.3) is 0 Å². The third-order valence-electron chi connectivity index (χ3n) is 1.97. The van der Waals surface area contributed by atoms with Crippen LogP contribution in [-0.2, 0) is 0 Å². The van der Waals surface area contributed by atoms with E-state index in [1.54, 1.807) is 0 Å². The van der Waals surface area contributed by atoms with Crippen molar-refractivity contribution in [2.45, 2.75) is 19.4 Å². The minimum absolute atomic E-state index is 0.110. The number of halogens is 1. The molecule has 0 fully saturated rings. The van der Waals surface area contributed by atoms with Crippen molar-refractivity contribution in [3.8, 4) is 12.0 Å². The van der Waals surface area contributed by atoms with Crippen molar-refractivity contribution in [1.82, 2.24) is 15.0 Å². The lowest BCUT2D eigenvalue weighted by molar-refractivity contribution is 0.341. The van der Waals surface area contributed by atoms with Crippen LogP contribution in [0.15, 0.2) is 0 Å². The zero-order chi connectivity index (χ0) is 12.0. The van der Waals surface area contributed by atoms with Crippen LogP contribution >= 0.6 is 11.6 Å². The van der Waals surface area contributed by atoms with Crippen molar-refractivity contribution in [2.24, 2.45) is 0 Å². The zero-order valence-corrected chi connectivity index (χ0v) is 10.3. The van der Waals surface area contributed by atoms with Crippen LogP contribution in [0, 0.1) is 0 Å². The highest BCUT2D eigenvalue weighted by Gasteiger charge is 2.10. The number of nitrogens with one attached hydrogen (secondary N) is 1. The summed E-state index contributed by atoms with van der Waals surface area (Å²) in [7, 11) is 2.97. The van der Waals surface area contributed by atoms with Gasteiger partial charge in [-0.3, -0.25) is 0 Å². The van der Waals surface area contributed by atoms with Crippen LogP contribution in [-0.4, -0.2) is 41.1 Å². The third-order valence-corrected chi connectivity index (χ3v) is 2.34. The average Bonchev–Trinajstić information content (AvgIpc) is 2.35. The summed E-state index contributed by atoms with van der Waals surface area (Å²) in [4.78, 5) is 12.0. The molecule has 0 saturated heterocycles. The number of aromatic nitrogens is 3. The second-order valence-electron chi connectivity index (χ2n) is 3.04. The molecule has 0 radical (unpaired) electrons. The van der Waals surface area contributed by atoms with Crippen molar-refractivity contribution in [1.29, 1.82) is 0 Å². The number of alkyl halides is 1. The van der Waals surface area contributed by atoms with Crippen LogP contribution in [0.3, 0.4) is 0 Å². The summed E-state index contributed by atoms with van der Waals surface area (Å²) in [6.45, 7) is 2.02. The van der Waals surface area contributed by atoms with Crippen LogP contribution in [0.25, 0.3) is 0 Å². The summed E-state index contributed by atoms with van der Waals surface area (Å²) >= 11 is 5.77. The van der Waals surface area contributed by atoms with Crippen molar-refractivity contribution < 1.29 is 9.47 Å². The largest absolute Gasteiger partial charge is 0.467 e. The monoisotopic (exact) mass is 246 g/mol. The standard InChI is InChI=1S/C9H15ClN4O2/c1-4-6(5-10)11-7-12-8(15-2)14-9(13-7)16-3/h6H,4-5H2,1-3H3,(H,11,12,13,14). The molecule has 1 atom stereocenters. The molecule has 0 aromatic carbocycles. The number of hydrogen-bond donors (Lipinski definition) is 1. The van der Waals surface area contributed by atoms with Crippen LogP contribution in [0.4, 0.5) is 5.95 Å². The smallest absolute Gasteiger partial charge is 0.324 e. The molecule has 1 N–H and O–H groups in total. The van der Waals surface area contributed by atoms with Crippen LogP contribution in [0.2, 0.25) is 0 Å². The summed E-state index contributed by atoms with van der Waals surface area (Å²) < 4.78 is 9.86. The maximum Gasteiger partial charge on any atom is 0.324 e. The molecule has 0 amide bonds. The van der Waals surface area contributed by atoms with Crippen LogP contribution in [0.5, 0.6) is 12.0 Å². The normalized spacial score (nSPS) is 12.0. The molecule has 0 aliphatic heterocycles. The van der Waals surface area contributed by atoms with E-state index in [1.807, 2.05) is 6.92 Å². The Bertz CT molecular complexity index is 311. The number of nitrogens with zero attached hydrogens (tertiary/aromatic N) is 3. The molecule has 0 spiro atoms. The maximum atomic E-state index is 5.77. The molecule has 1 heterocycles. The summed E-state index contributed by atoms with van der Waals surface area (Å²) in [6.07, 6.45) is 0.875. The highest BCUT2D eigenvalue weighted by atomic mass is 35.5. The maximum absolute atomic E-state index is 5.77. The minimum atomic E-state index is 0.110. The van der Waals surface area contributed by atoms with E-state index in [4.69, 9.17) is 21.1 Å². The Morgan fingerprint density at radius 2 is 1.75 bits per heavy atom. The van der Waals surface area contributed by atoms with Gasteiger partial charge in [-0.25, -0.2) is 0 Å². The molecule has 1 aromatic rings. The first-order chi connectivity index (χ1) is 7.73. The molecule has 0 saturated carbocycles. The number of methoxy groups -OCH3 is 2. The van der Waals surface area contributed by atoms with Crippen LogP contribution < -0.4 is 14.8 Å². The second-order valence-corrected chi connectivity index (χ2v) is 3.34. The molecule has 0 aliphatic rings. The summed E-state index contributed by atoms with van der Waals surface area (Å²) in [5.74, 6) is 0.878. The first-order valence-corrected chi connectivity index (χ1v) is 5.43. The summed E-state index contributed by atoms with van der Waals surface area (Å²) in [6, 6.07) is 0.524. The number of rotatable bonds is 6. The van der Waals surface area contributed by atoms with Gasteiger partial charge in [0.05, 0.1) is 14.2 Å². The molecular weight excluding hydrogens is 232 g/mol. The molecule has 6 nitrogen and oxygen atoms in total. The van der Waals surface area contributed by atoms with Crippen LogP contribution in [0.1, 0.15) is 13.3 Å². The lowest BCUT2D eigenvalue weighted by atomic mass is 10.3. The van der Waals surface area contributed by atoms with Crippen molar-refractivity contribution in [2.75, 3.05) is 25.4 Å². The van der Waals surface area contributed by atoms with E-state index in [9.17, 15) is 0 Å². The average molecular weight is 247 g/mol. The van der Waals surface area contributed by atoms with Gasteiger partial charge >= 0.3 is 12.0 Å². The van der Waals surface area contributed by atoms with E-state index in [1.165, 1.54) is 14.2 Å². The Balaban J connectivity index is 2.85. The number of ether oxygens (including phenoxy) is 2. The van der Waals surface area contributed by atoms with Gasteiger partial charge in [-0.1, -0.05) is 6.92 Å². The van der Waals surface area contributed by atoms with E-state index < -0.39 is 0 Å². The molecule has 1 aromatic heterocycles. The summed E-state index contributed by atoms with van der Waals surface area (Å²) in [5, 5.41) is 3.07. The van der Waals surface area contributed by atoms with Gasteiger partial charge in [0, 0.05) is 11.9 Å². The SMILES string of the molecule is CCC(CCl)Nc1nc(OC)nc(OC)n1. The van der Waals surface area contributed by atoms with Gasteiger partial charge in [0.2, 0.25) is 5.95 Å². The topological polar surface area (TPSA) is 69.2 Å². The quantitative estimate of drug-likeness (QED) is 0.764. The first kappa shape index (κ1) is 12.8. The van der Waals surface area contributed by atoms with E-state index in [-0.39, 0.29) is 18.1 Å². The first-order valence-electron chi connectivity index (χ1n) is 4.90. The molecule has 90 valence electrons. The Kier molecular flexibility index (Phi) is 5.04.